The average molecular weight is 303 g/mol. The summed E-state index contributed by atoms with van der Waals surface area (Å²) < 4.78 is 22.7. The van der Waals surface area contributed by atoms with Crippen LogP contribution in [0.3, 0.4) is 0 Å². The van der Waals surface area contributed by atoms with Gasteiger partial charge in [0.25, 0.3) is 0 Å². The summed E-state index contributed by atoms with van der Waals surface area (Å²) in [5.74, 6) is 1.71. The van der Waals surface area contributed by atoms with Crippen LogP contribution in [0, 0.1) is 5.92 Å². The molecule has 110 valence electrons. The Bertz CT molecular complexity index is 735. The predicted octanol–water partition coefficient (Wildman–Crippen LogP) is 1.69. The van der Waals surface area contributed by atoms with Crippen molar-refractivity contribution in [1.29, 1.82) is 0 Å². The molecule has 1 aliphatic heterocycles. The fourth-order valence-corrected chi connectivity index (χ4v) is 3.85. The highest BCUT2D eigenvalue weighted by Gasteiger charge is 2.22. The quantitative estimate of drug-likeness (QED) is 0.912. The first-order chi connectivity index (χ1) is 10.1. The van der Waals surface area contributed by atoms with Crippen LogP contribution in [0.15, 0.2) is 41.8 Å². The van der Waals surface area contributed by atoms with Crippen LogP contribution in [0.5, 0.6) is 0 Å². The molecule has 0 saturated carbocycles. The Balaban J connectivity index is 1.56. The summed E-state index contributed by atoms with van der Waals surface area (Å²) in [5.41, 5.74) is 1.26. The molecule has 0 radical (unpaired) electrons. The zero-order valence-electron chi connectivity index (χ0n) is 11.6. The SMILES string of the molecule is O=S1(=O)C=CC(Cc2nc(CCc3ccccc3)n[nH]2)C1. The topological polar surface area (TPSA) is 75.7 Å². The van der Waals surface area contributed by atoms with Crippen LogP contribution in [-0.2, 0) is 29.1 Å². The lowest BCUT2D eigenvalue weighted by atomic mass is 10.1. The Hall–Kier alpha value is -1.95. The van der Waals surface area contributed by atoms with Crippen LogP contribution in [-0.4, -0.2) is 29.4 Å². The van der Waals surface area contributed by atoms with Gasteiger partial charge in [0.1, 0.15) is 5.82 Å². The third-order valence-electron chi connectivity index (χ3n) is 3.52. The van der Waals surface area contributed by atoms with E-state index in [1.165, 1.54) is 11.0 Å². The summed E-state index contributed by atoms with van der Waals surface area (Å²) in [6.07, 6.45) is 4.00. The first-order valence-corrected chi connectivity index (χ1v) is 8.67. The molecule has 0 saturated heterocycles. The van der Waals surface area contributed by atoms with Gasteiger partial charge in [0.15, 0.2) is 15.7 Å². The van der Waals surface area contributed by atoms with Gasteiger partial charge in [0.05, 0.1) is 5.75 Å². The normalized spacial score (nSPS) is 19.9. The molecule has 0 spiro atoms. The van der Waals surface area contributed by atoms with Crippen molar-refractivity contribution in [3.8, 4) is 0 Å². The highest BCUT2D eigenvalue weighted by atomic mass is 32.2. The highest BCUT2D eigenvalue weighted by molar-refractivity contribution is 7.94. The number of nitrogens with one attached hydrogen (secondary N) is 1. The van der Waals surface area contributed by atoms with E-state index in [0.717, 1.165) is 24.5 Å². The second kappa shape index (κ2) is 5.81. The number of hydrogen-bond donors (Lipinski definition) is 1. The average Bonchev–Trinajstić information content (AvgIpc) is 3.04. The van der Waals surface area contributed by atoms with Gasteiger partial charge in [0, 0.05) is 18.2 Å². The minimum absolute atomic E-state index is 0.00456. The molecule has 1 unspecified atom stereocenters. The number of rotatable bonds is 5. The number of allylic oxidation sites excluding steroid dienone is 1. The van der Waals surface area contributed by atoms with E-state index in [0.29, 0.717) is 6.42 Å². The van der Waals surface area contributed by atoms with Crippen molar-refractivity contribution >= 4 is 9.84 Å². The Kier molecular flexibility index (Phi) is 3.88. The fourth-order valence-electron chi connectivity index (χ4n) is 2.45. The number of aromatic nitrogens is 3. The largest absolute Gasteiger partial charge is 0.263 e. The first-order valence-electron chi connectivity index (χ1n) is 6.96. The molecule has 1 aromatic heterocycles. The second-order valence-electron chi connectivity index (χ2n) is 5.31. The van der Waals surface area contributed by atoms with E-state index in [1.54, 1.807) is 6.08 Å². The van der Waals surface area contributed by atoms with Crippen molar-refractivity contribution in [3.05, 3.63) is 59.0 Å². The van der Waals surface area contributed by atoms with Crippen molar-refractivity contribution in [2.24, 2.45) is 5.92 Å². The van der Waals surface area contributed by atoms with Crippen LogP contribution < -0.4 is 0 Å². The molecule has 0 bridgehead atoms. The van der Waals surface area contributed by atoms with E-state index < -0.39 is 9.84 Å². The number of sulfone groups is 1. The summed E-state index contributed by atoms with van der Waals surface area (Å²) in [4.78, 5) is 4.44. The van der Waals surface area contributed by atoms with Crippen molar-refractivity contribution in [2.75, 3.05) is 5.75 Å². The molecule has 1 atom stereocenters. The molecule has 3 rings (SSSR count). The Labute approximate surface area is 124 Å². The van der Waals surface area contributed by atoms with Crippen LogP contribution in [0.1, 0.15) is 17.2 Å². The lowest BCUT2D eigenvalue weighted by Gasteiger charge is -2.02. The van der Waals surface area contributed by atoms with Gasteiger partial charge in [-0.3, -0.25) is 5.10 Å². The van der Waals surface area contributed by atoms with Crippen LogP contribution in [0.4, 0.5) is 0 Å². The third kappa shape index (κ3) is 3.78. The summed E-state index contributed by atoms with van der Waals surface area (Å²) in [6, 6.07) is 10.2. The van der Waals surface area contributed by atoms with E-state index in [1.807, 2.05) is 18.2 Å². The van der Waals surface area contributed by atoms with Crippen LogP contribution >= 0.6 is 0 Å². The van der Waals surface area contributed by atoms with E-state index in [2.05, 4.69) is 27.3 Å². The molecule has 2 heterocycles. The second-order valence-corrected chi connectivity index (χ2v) is 7.24. The van der Waals surface area contributed by atoms with Gasteiger partial charge >= 0.3 is 0 Å². The van der Waals surface area contributed by atoms with Crippen molar-refractivity contribution in [3.63, 3.8) is 0 Å². The Morgan fingerprint density at radius 3 is 2.71 bits per heavy atom. The smallest absolute Gasteiger partial charge is 0.171 e. The molecule has 0 fully saturated rings. The van der Waals surface area contributed by atoms with Gasteiger partial charge in [-0.05, 0) is 17.9 Å². The molecule has 21 heavy (non-hydrogen) atoms. The van der Waals surface area contributed by atoms with Crippen molar-refractivity contribution in [1.82, 2.24) is 15.2 Å². The minimum atomic E-state index is -3.00. The Morgan fingerprint density at radius 2 is 2.00 bits per heavy atom. The Morgan fingerprint density at radius 1 is 1.19 bits per heavy atom. The van der Waals surface area contributed by atoms with Crippen LogP contribution in [0.25, 0.3) is 0 Å². The van der Waals surface area contributed by atoms with Gasteiger partial charge in [0.2, 0.25) is 0 Å². The predicted molar refractivity (Wildman–Crippen MR) is 80.4 cm³/mol. The number of H-pyrrole nitrogens is 1. The molecule has 0 aliphatic carbocycles. The standard InChI is InChI=1S/C15H17N3O2S/c19-21(20)9-8-13(11-21)10-15-16-14(17-18-15)7-6-12-4-2-1-3-5-12/h1-5,8-9,13H,6-7,10-11H2,(H,16,17,18). The number of nitrogens with zero attached hydrogens (tertiary/aromatic N) is 2. The molecule has 1 aliphatic rings. The van der Waals surface area contributed by atoms with Gasteiger partial charge in [-0.1, -0.05) is 36.4 Å². The van der Waals surface area contributed by atoms with Gasteiger partial charge in [-0.15, -0.1) is 0 Å². The van der Waals surface area contributed by atoms with Crippen LogP contribution in [0.2, 0.25) is 0 Å². The van der Waals surface area contributed by atoms with E-state index >= 15 is 0 Å². The maximum Gasteiger partial charge on any atom is 0.171 e. The highest BCUT2D eigenvalue weighted by Crippen LogP contribution is 2.18. The molecule has 5 nitrogen and oxygen atoms in total. The summed E-state index contributed by atoms with van der Waals surface area (Å²) in [7, 11) is -3.00. The summed E-state index contributed by atoms with van der Waals surface area (Å²) >= 11 is 0. The fraction of sp³-hybridized carbons (Fsp3) is 0.333. The molecule has 1 N–H and O–H groups in total. The molecular weight excluding hydrogens is 286 g/mol. The molecule has 1 aromatic carbocycles. The lowest BCUT2D eigenvalue weighted by Crippen LogP contribution is -2.09. The lowest BCUT2D eigenvalue weighted by molar-refractivity contribution is 0.595. The van der Waals surface area contributed by atoms with Gasteiger partial charge in [-0.2, -0.15) is 5.10 Å². The molecule has 2 aromatic rings. The number of hydrogen-bond acceptors (Lipinski definition) is 4. The van der Waals surface area contributed by atoms with Gasteiger partial charge in [-0.25, -0.2) is 13.4 Å². The monoisotopic (exact) mass is 303 g/mol. The van der Waals surface area contributed by atoms with Crippen molar-refractivity contribution in [2.45, 2.75) is 19.3 Å². The number of aromatic amines is 1. The number of aryl methyl sites for hydroxylation is 2. The van der Waals surface area contributed by atoms with Crippen molar-refractivity contribution < 1.29 is 8.42 Å². The van der Waals surface area contributed by atoms with Gasteiger partial charge < -0.3 is 0 Å². The minimum Gasteiger partial charge on any atom is -0.263 e. The number of benzene rings is 1. The van der Waals surface area contributed by atoms with E-state index in [-0.39, 0.29) is 11.7 Å². The summed E-state index contributed by atoms with van der Waals surface area (Å²) in [5, 5.41) is 8.40. The zero-order chi connectivity index (χ0) is 14.7. The maximum absolute atomic E-state index is 11.4. The molecule has 0 amide bonds. The third-order valence-corrected chi connectivity index (χ3v) is 4.98. The van der Waals surface area contributed by atoms with E-state index in [9.17, 15) is 8.42 Å². The summed E-state index contributed by atoms with van der Waals surface area (Å²) in [6.45, 7) is 0. The zero-order valence-corrected chi connectivity index (χ0v) is 12.4. The maximum atomic E-state index is 11.4. The first kappa shape index (κ1) is 14.0. The molecular formula is C15H17N3O2S. The van der Waals surface area contributed by atoms with E-state index in [4.69, 9.17) is 0 Å². The molecule has 6 heteroatoms.